The molecule has 3 radical (unpaired) electrons. The molecule has 153 valence electrons. The number of aromatic nitrogens is 1. The second kappa shape index (κ2) is 9.15. The van der Waals surface area contributed by atoms with Gasteiger partial charge in [-0.05, 0) is 0 Å². The Bertz CT molecular complexity index is 1080. The number of halogens is 1. The van der Waals surface area contributed by atoms with Crippen LogP contribution in [0.3, 0.4) is 0 Å². The number of carbonyl (C=O) groups excluding carboxylic acids is 2. The smallest absolute Gasteiger partial charge is 0.354 e. The monoisotopic (exact) mass is 602 g/mol. The summed E-state index contributed by atoms with van der Waals surface area (Å²) in [6, 6.07) is 11.7. The average molecular weight is 602 g/mol. The molecule has 1 atom stereocenters. The number of ether oxygens (including phenoxy) is 1. The van der Waals surface area contributed by atoms with Crippen molar-refractivity contribution in [2.75, 3.05) is 10.7 Å². The van der Waals surface area contributed by atoms with E-state index < -0.39 is 6.04 Å². The van der Waals surface area contributed by atoms with E-state index >= 15 is 0 Å². The van der Waals surface area contributed by atoms with Crippen molar-refractivity contribution in [3.63, 3.8) is 0 Å². The van der Waals surface area contributed by atoms with Gasteiger partial charge in [-0.1, -0.05) is 0 Å². The normalized spacial score (nSPS) is 15.9. The number of nitrogens with one attached hydrogen (secondary N) is 3. The zero-order chi connectivity index (χ0) is 21.1. The second-order valence-electron chi connectivity index (χ2n) is 7.18. The topological polar surface area (TPSA) is 83.2 Å². The van der Waals surface area contributed by atoms with Crippen molar-refractivity contribution in [2.24, 2.45) is 0 Å². The first-order valence-corrected chi connectivity index (χ1v) is 12.5. The summed E-state index contributed by atoms with van der Waals surface area (Å²) in [5.74, 6) is 0.194. The van der Waals surface area contributed by atoms with Crippen molar-refractivity contribution >= 4 is 48.5 Å². The summed E-state index contributed by atoms with van der Waals surface area (Å²) < 4.78 is 19.8. The maximum absolute atomic E-state index is 13.4. The molecule has 8 heteroatoms. The van der Waals surface area contributed by atoms with E-state index in [0.717, 1.165) is 59.2 Å². The summed E-state index contributed by atoms with van der Waals surface area (Å²) in [5, 5.41) is 6.51. The molecule has 1 unspecified atom stereocenters. The van der Waals surface area contributed by atoms with E-state index in [0.29, 0.717) is 23.6 Å². The van der Waals surface area contributed by atoms with Crippen LogP contribution in [0.5, 0.6) is 5.75 Å². The SMILES string of the molecule is O=C(CCc1c(-c2ccc(F)cc2)[nH]c2ccc(O[CH2][Pb])cc12)NC1CCNC1=O. The Labute approximate surface area is 189 Å². The Balaban J connectivity index is 1.63. The molecule has 2 heterocycles. The third-order valence-corrected chi connectivity index (χ3v) is 5.80. The van der Waals surface area contributed by atoms with Gasteiger partial charge in [0.05, 0.1) is 0 Å². The van der Waals surface area contributed by atoms with Crippen LogP contribution < -0.4 is 15.4 Å². The molecule has 1 aliphatic heterocycles. The van der Waals surface area contributed by atoms with Gasteiger partial charge in [0.15, 0.2) is 0 Å². The van der Waals surface area contributed by atoms with Gasteiger partial charge >= 0.3 is 173 Å². The van der Waals surface area contributed by atoms with Gasteiger partial charge in [-0.15, -0.1) is 0 Å². The van der Waals surface area contributed by atoms with E-state index in [-0.39, 0.29) is 24.1 Å². The Kier molecular flexibility index (Phi) is 6.35. The molecule has 1 aromatic heterocycles. The molecule has 2 amide bonds. The first-order valence-electron chi connectivity index (χ1n) is 9.80. The molecule has 0 bridgehead atoms. The van der Waals surface area contributed by atoms with E-state index in [2.05, 4.69) is 15.6 Å². The Morgan fingerprint density at radius 2 is 2.03 bits per heavy atom. The summed E-state index contributed by atoms with van der Waals surface area (Å²) in [6.07, 6.45) is 1.34. The predicted molar refractivity (Wildman–Crippen MR) is 113 cm³/mol. The van der Waals surface area contributed by atoms with Gasteiger partial charge in [-0.25, -0.2) is 0 Å². The Hall–Kier alpha value is -2.43. The van der Waals surface area contributed by atoms with Gasteiger partial charge in [0.25, 0.3) is 0 Å². The van der Waals surface area contributed by atoms with Crippen LogP contribution in [0.1, 0.15) is 18.4 Å². The molecule has 0 saturated carbocycles. The average Bonchev–Trinajstić information content (AvgIpc) is 3.30. The summed E-state index contributed by atoms with van der Waals surface area (Å²) in [5.41, 5.74) is 3.62. The van der Waals surface area contributed by atoms with Crippen LogP contribution in [0.25, 0.3) is 22.2 Å². The Morgan fingerprint density at radius 1 is 1.23 bits per heavy atom. The molecule has 1 aliphatic rings. The fraction of sp³-hybridized carbons (Fsp3) is 0.273. The van der Waals surface area contributed by atoms with Gasteiger partial charge in [0, 0.05) is 6.54 Å². The Morgan fingerprint density at radius 3 is 2.73 bits per heavy atom. The third-order valence-electron chi connectivity index (χ3n) is 5.24. The fourth-order valence-electron chi connectivity index (χ4n) is 3.76. The molecule has 2 aromatic carbocycles. The number of aryl methyl sites for hydroxylation is 1. The molecule has 30 heavy (non-hydrogen) atoms. The number of benzene rings is 2. The number of hydrogen-bond donors (Lipinski definition) is 3. The number of H-pyrrole nitrogens is 1. The van der Waals surface area contributed by atoms with Crippen LogP contribution in [0, 0.1) is 5.82 Å². The third kappa shape index (κ3) is 4.50. The number of aromatic amines is 1. The van der Waals surface area contributed by atoms with E-state index in [9.17, 15) is 14.0 Å². The standard InChI is InChI=1S/C22H21FN3O3.Pb/c1-29-15-6-8-18-17(12-15)16(21(26-18)13-2-4-14(23)5-3-13)7-9-20(27)25-19-10-11-24-22(19)28;/h2-6,8,12,19,26H,1,7,9-11H2,(H,24,28)(H,25,27);. The van der Waals surface area contributed by atoms with Gasteiger partial charge < -0.3 is 5.32 Å². The molecule has 1 fully saturated rings. The van der Waals surface area contributed by atoms with Crippen LogP contribution in [0.15, 0.2) is 42.5 Å². The summed E-state index contributed by atoms with van der Waals surface area (Å²) >= 11 is 0.937. The number of carbonyl (C=O) groups is 2. The van der Waals surface area contributed by atoms with Crippen molar-refractivity contribution in [3.8, 4) is 17.0 Å². The van der Waals surface area contributed by atoms with E-state index in [1.165, 1.54) is 12.1 Å². The van der Waals surface area contributed by atoms with Crippen molar-refractivity contribution in [1.29, 1.82) is 0 Å². The minimum Gasteiger partial charge on any atom is -0.354 e. The van der Waals surface area contributed by atoms with Gasteiger partial charge in [0.2, 0.25) is 0 Å². The van der Waals surface area contributed by atoms with E-state index in [4.69, 9.17) is 4.74 Å². The van der Waals surface area contributed by atoms with Crippen LogP contribution >= 0.6 is 0 Å². The molecule has 4 rings (SSSR count). The van der Waals surface area contributed by atoms with Crippen LogP contribution in [0.4, 0.5) is 4.39 Å². The number of rotatable bonds is 7. The number of fused-ring (bicyclic) bond motifs is 1. The molecule has 6 nitrogen and oxygen atoms in total. The molecular formula is C22H21FN3O3Pb. The van der Waals surface area contributed by atoms with Crippen molar-refractivity contribution in [2.45, 2.75) is 25.3 Å². The van der Waals surface area contributed by atoms with E-state index in [1.807, 2.05) is 18.2 Å². The summed E-state index contributed by atoms with van der Waals surface area (Å²) in [6.45, 7) is 0.587. The predicted octanol–water partition coefficient (Wildman–Crippen LogP) is 2.42. The molecule has 3 aromatic rings. The van der Waals surface area contributed by atoms with Crippen molar-refractivity contribution in [1.82, 2.24) is 15.6 Å². The van der Waals surface area contributed by atoms with Gasteiger partial charge in [-0.3, -0.25) is 4.79 Å². The van der Waals surface area contributed by atoms with Gasteiger partial charge in [0.1, 0.15) is 0 Å². The van der Waals surface area contributed by atoms with Gasteiger partial charge in [-0.2, -0.15) is 0 Å². The van der Waals surface area contributed by atoms with Crippen LogP contribution in [-0.4, -0.2) is 59.3 Å². The maximum atomic E-state index is 13.4. The first kappa shape index (κ1) is 20.8. The minimum atomic E-state index is -0.453. The van der Waals surface area contributed by atoms with E-state index in [1.54, 1.807) is 12.1 Å². The molecule has 0 spiro atoms. The second-order valence-corrected chi connectivity index (χ2v) is 8.30. The summed E-state index contributed by atoms with van der Waals surface area (Å²) in [4.78, 5) is 27.6. The summed E-state index contributed by atoms with van der Waals surface area (Å²) in [7, 11) is 0. The number of amides is 2. The fourth-order valence-corrected chi connectivity index (χ4v) is 4.41. The molecule has 0 aliphatic carbocycles. The molecule has 1 saturated heterocycles. The van der Waals surface area contributed by atoms with Crippen LogP contribution in [-0.2, 0) is 16.0 Å². The van der Waals surface area contributed by atoms with Crippen molar-refractivity contribution in [3.05, 3.63) is 53.8 Å². The van der Waals surface area contributed by atoms with Crippen molar-refractivity contribution < 1.29 is 18.7 Å². The minimum absolute atomic E-state index is 0.132. The quantitative estimate of drug-likeness (QED) is 0.364. The molecule has 3 N–H and O–H groups in total. The first-order chi connectivity index (χ1) is 14.5. The zero-order valence-electron chi connectivity index (χ0n) is 16.3. The number of hydrogen-bond acceptors (Lipinski definition) is 3. The zero-order valence-corrected chi connectivity index (χ0v) is 20.1. The molecular weight excluding hydrogens is 580 g/mol. The van der Waals surface area contributed by atoms with Crippen LogP contribution in [0.2, 0.25) is 0 Å².